The maximum absolute atomic E-state index is 12.3. The third-order valence-electron chi connectivity index (χ3n) is 3.23. The number of nitrogens with one attached hydrogen (secondary N) is 2. The molecular formula is C18H14ClN5O. The first-order valence-electron chi connectivity index (χ1n) is 7.46. The van der Waals surface area contributed by atoms with E-state index in [1.807, 2.05) is 36.4 Å². The van der Waals surface area contributed by atoms with E-state index in [0.717, 1.165) is 5.56 Å². The Hall–Kier alpha value is -3.25. The van der Waals surface area contributed by atoms with Gasteiger partial charge in [0.15, 0.2) is 11.0 Å². The first-order valence-corrected chi connectivity index (χ1v) is 7.84. The van der Waals surface area contributed by atoms with Crippen molar-refractivity contribution in [3.05, 3.63) is 83.0 Å². The van der Waals surface area contributed by atoms with E-state index < -0.39 is 0 Å². The van der Waals surface area contributed by atoms with Crippen LogP contribution in [0, 0.1) is 0 Å². The summed E-state index contributed by atoms with van der Waals surface area (Å²) in [6, 6.07) is 19.9. The predicted octanol–water partition coefficient (Wildman–Crippen LogP) is 3.83. The van der Waals surface area contributed by atoms with Crippen LogP contribution in [0.4, 0.5) is 11.5 Å². The van der Waals surface area contributed by atoms with Crippen molar-refractivity contribution in [1.29, 1.82) is 0 Å². The van der Waals surface area contributed by atoms with Crippen LogP contribution >= 0.6 is 11.6 Å². The van der Waals surface area contributed by atoms with Crippen LogP contribution in [0.5, 0.6) is 0 Å². The van der Waals surface area contributed by atoms with Crippen molar-refractivity contribution in [2.24, 2.45) is 5.10 Å². The molecule has 0 fully saturated rings. The summed E-state index contributed by atoms with van der Waals surface area (Å²) in [5.41, 5.74) is 4.60. The minimum absolute atomic E-state index is 0.168. The monoisotopic (exact) mass is 351 g/mol. The minimum Gasteiger partial charge on any atom is -0.319 e. The predicted molar refractivity (Wildman–Crippen MR) is 99.1 cm³/mol. The van der Waals surface area contributed by atoms with E-state index >= 15 is 0 Å². The molecule has 1 amide bonds. The second kappa shape index (κ2) is 8.03. The Morgan fingerprint density at radius 1 is 1.00 bits per heavy atom. The number of carbonyl (C=O) groups is 1. The molecule has 0 radical (unpaired) electrons. The van der Waals surface area contributed by atoms with Crippen LogP contribution in [-0.4, -0.2) is 22.3 Å². The van der Waals surface area contributed by atoms with E-state index in [4.69, 9.17) is 11.6 Å². The number of aromatic nitrogens is 2. The molecule has 2 aromatic carbocycles. The lowest BCUT2D eigenvalue weighted by molar-refractivity contribution is 0.102. The van der Waals surface area contributed by atoms with Gasteiger partial charge in [-0.2, -0.15) is 5.10 Å². The Kier molecular flexibility index (Phi) is 5.33. The molecule has 3 rings (SSSR count). The van der Waals surface area contributed by atoms with Gasteiger partial charge in [0.1, 0.15) is 0 Å². The number of nitrogens with zero attached hydrogens (tertiary/aromatic N) is 3. The lowest BCUT2D eigenvalue weighted by atomic mass is 10.2. The Bertz CT molecular complexity index is 884. The first kappa shape index (κ1) is 16.6. The highest BCUT2D eigenvalue weighted by molar-refractivity contribution is 6.29. The molecule has 0 atom stereocenters. The van der Waals surface area contributed by atoms with Gasteiger partial charge >= 0.3 is 0 Å². The van der Waals surface area contributed by atoms with Crippen molar-refractivity contribution in [3.8, 4) is 0 Å². The molecule has 0 saturated carbocycles. The first-order chi connectivity index (χ1) is 12.2. The van der Waals surface area contributed by atoms with Gasteiger partial charge in [-0.3, -0.25) is 10.2 Å². The van der Waals surface area contributed by atoms with Crippen LogP contribution in [0.25, 0.3) is 0 Å². The average molecular weight is 352 g/mol. The van der Waals surface area contributed by atoms with Gasteiger partial charge < -0.3 is 5.32 Å². The van der Waals surface area contributed by atoms with Crippen molar-refractivity contribution in [3.63, 3.8) is 0 Å². The zero-order valence-electron chi connectivity index (χ0n) is 13.1. The van der Waals surface area contributed by atoms with Gasteiger partial charge in [-0.25, -0.2) is 0 Å². The Balaban J connectivity index is 1.76. The van der Waals surface area contributed by atoms with Crippen molar-refractivity contribution >= 4 is 35.2 Å². The molecule has 0 bridgehead atoms. The molecule has 0 unspecified atom stereocenters. The summed E-state index contributed by atoms with van der Waals surface area (Å²) in [7, 11) is 0. The summed E-state index contributed by atoms with van der Waals surface area (Å²) < 4.78 is 0. The second-order valence-electron chi connectivity index (χ2n) is 5.03. The summed E-state index contributed by atoms with van der Waals surface area (Å²) >= 11 is 5.89. The Morgan fingerprint density at radius 3 is 2.40 bits per heavy atom. The van der Waals surface area contributed by atoms with Gasteiger partial charge in [0, 0.05) is 11.6 Å². The summed E-state index contributed by atoms with van der Waals surface area (Å²) in [5.74, 6) is 0.0145. The number of hydrazone groups is 1. The largest absolute Gasteiger partial charge is 0.319 e. The number of benzene rings is 2. The Morgan fingerprint density at radius 2 is 1.68 bits per heavy atom. The lowest BCUT2D eigenvalue weighted by Gasteiger charge is -2.09. The fourth-order valence-corrected chi connectivity index (χ4v) is 2.18. The van der Waals surface area contributed by atoms with Gasteiger partial charge in [-0.1, -0.05) is 60.1 Å². The molecule has 6 nitrogen and oxygen atoms in total. The van der Waals surface area contributed by atoms with Gasteiger partial charge in [0.2, 0.25) is 0 Å². The van der Waals surface area contributed by atoms with Crippen molar-refractivity contribution in [1.82, 2.24) is 10.2 Å². The SMILES string of the molecule is O=C(Nc1cc(Cl)nnc1N/N=C/c1ccccc1)c1ccccc1. The number of anilines is 2. The number of hydrogen-bond donors (Lipinski definition) is 2. The standard InChI is InChI=1S/C18H14ClN5O/c19-16-11-15(21-18(25)14-9-5-2-6-10-14)17(24-22-16)23-20-12-13-7-3-1-4-8-13/h1-12H,(H,23,24)(H,21,22,25)/b20-12+. The molecule has 2 N–H and O–H groups in total. The van der Waals surface area contributed by atoms with E-state index in [1.165, 1.54) is 6.07 Å². The quantitative estimate of drug-likeness (QED) is 0.541. The molecule has 25 heavy (non-hydrogen) atoms. The van der Waals surface area contributed by atoms with Crippen LogP contribution in [-0.2, 0) is 0 Å². The normalized spacial score (nSPS) is 10.6. The molecule has 3 aromatic rings. The average Bonchev–Trinajstić information content (AvgIpc) is 2.65. The van der Waals surface area contributed by atoms with Gasteiger partial charge in [0.25, 0.3) is 5.91 Å². The topological polar surface area (TPSA) is 79.3 Å². The van der Waals surface area contributed by atoms with E-state index in [9.17, 15) is 4.79 Å². The lowest BCUT2D eigenvalue weighted by Crippen LogP contribution is -2.14. The van der Waals surface area contributed by atoms with Crippen LogP contribution in [0.3, 0.4) is 0 Å². The minimum atomic E-state index is -0.278. The highest BCUT2D eigenvalue weighted by Crippen LogP contribution is 2.22. The molecule has 1 heterocycles. The fourth-order valence-electron chi connectivity index (χ4n) is 2.04. The van der Waals surface area contributed by atoms with Crippen molar-refractivity contribution in [2.75, 3.05) is 10.7 Å². The highest BCUT2D eigenvalue weighted by Gasteiger charge is 2.11. The third-order valence-corrected chi connectivity index (χ3v) is 3.42. The molecule has 7 heteroatoms. The maximum Gasteiger partial charge on any atom is 0.255 e. The molecule has 0 saturated heterocycles. The maximum atomic E-state index is 12.3. The van der Waals surface area contributed by atoms with Gasteiger partial charge in [-0.05, 0) is 17.7 Å². The van der Waals surface area contributed by atoms with Gasteiger partial charge in [-0.15, -0.1) is 10.2 Å². The molecule has 0 spiro atoms. The summed E-state index contributed by atoms with van der Waals surface area (Å²) in [5, 5.41) is 14.7. The smallest absolute Gasteiger partial charge is 0.255 e. The highest BCUT2D eigenvalue weighted by atomic mass is 35.5. The number of carbonyl (C=O) groups excluding carboxylic acids is 1. The van der Waals surface area contributed by atoms with Crippen molar-refractivity contribution < 1.29 is 4.79 Å². The van der Waals surface area contributed by atoms with Crippen LogP contribution in [0.2, 0.25) is 5.15 Å². The zero-order valence-corrected chi connectivity index (χ0v) is 13.8. The number of amides is 1. The molecule has 1 aromatic heterocycles. The molecule has 0 aliphatic heterocycles. The number of hydrogen-bond acceptors (Lipinski definition) is 5. The zero-order chi connectivity index (χ0) is 17.5. The fraction of sp³-hybridized carbons (Fsp3) is 0. The number of rotatable bonds is 5. The molecule has 0 aliphatic carbocycles. The molecule has 124 valence electrons. The van der Waals surface area contributed by atoms with E-state index in [0.29, 0.717) is 17.1 Å². The summed E-state index contributed by atoms with van der Waals surface area (Å²) in [4.78, 5) is 12.3. The van der Waals surface area contributed by atoms with E-state index in [-0.39, 0.29) is 11.1 Å². The summed E-state index contributed by atoms with van der Waals surface area (Å²) in [6.45, 7) is 0. The van der Waals surface area contributed by atoms with Crippen molar-refractivity contribution in [2.45, 2.75) is 0 Å². The van der Waals surface area contributed by atoms with Crippen LogP contribution in [0.1, 0.15) is 15.9 Å². The van der Waals surface area contributed by atoms with E-state index in [2.05, 4.69) is 26.0 Å². The van der Waals surface area contributed by atoms with Gasteiger partial charge in [0.05, 0.1) is 11.9 Å². The van der Waals surface area contributed by atoms with E-state index in [1.54, 1.807) is 30.5 Å². The Labute approximate surface area is 149 Å². The molecule has 0 aliphatic rings. The van der Waals surface area contributed by atoms with Crippen LogP contribution in [0.15, 0.2) is 71.8 Å². The molecular weight excluding hydrogens is 338 g/mol. The third kappa shape index (κ3) is 4.62. The van der Waals surface area contributed by atoms with Crippen LogP contribution < -0.4 is 10.7 Å². The number of halogens is 1. The second-order valence-corrected chi connectivity index (χ2v) is 5.42. The summed E-state index contributed by atoms with van der Waals surface area (Å²) in [6.07, 6.45) is 1.64.